The maximum absolute atomic E-state index is 6.49. The topological polar surface area (TPSA) is 26.2 Å². The van der Waals surface area contributed by atoms with Gasteiger partial charge in [-0.25, -0.2) is 4.57 Å². The van der Waals surface area contributed by atoms with Crippen LogP contribution in [-0.2, 0) is 19.9 Å². The molecule has 1 aliphatic heterocycles. The Balaban J connectivity index is 1.75. The Morgan fingerprint density at radius 1 is 1.03 bits per heavy atom. The molecular weight excluding hydrogens is 370 g/mol. The Kier molecular flexibility index (Phi) is 4.39. The SMILES string of the molecule is Cc1ccc2c(oc3cc4c(cc32)CCCO4)c1-c1cc(CC(C)(C)C)cc[n+]1C. The monoisotopic (exact) mass is 400 g/mol. The molecule has 0 radical (unpaired) electrons. The first-order valence-corrected chi connectivity index (χ1v) is 10.9. The second kappa shape index (κ2) is 6.87. The lowest BCUT2D eigenvalue weighted by Gasteiger charge is -2.18. The second-order valence-electron chi connectivity index (χ2n) is 9.91. The quantitative estimate of drug-likeness (QED) is 0.369. The van der Waals surface area contributed by atoms with Crippen LogP contribution in [0.15, 0.2) is 47.0 Å². The van der Waals surface area contributed by atoms with Crippen molar-refractivity contribution >= 4 is 21.9 Å². The van der Waals surface area contributed by atoms with Crippen molar-refractivity contribution in [3.05, 3.63) is 59.3 Å². The molecule has 2 aromatic carbocycles. The third kappa shape index (κ3) is 3.27. The van der Waals surface area contributed by atoms with Gasteiger partial charge in [0.1, 0.15) is 24.0 Å². The second-order valence-corrected chi connectivity index (χ2v) is 9.91. The van der Waals surface area contributed by atoms with Gasteiger partial charge in [-0.1, -0.05) is 32.9 Å². The number of pyridine rings is 1. The number of aromatic nitrogens is 1. The molecule has 154 valence electrons. The summed E-state index contributed by atoms with van der Waals surface area (Å²) in [5.74, 6) is 0.976. The van der Waals surface area contributed by atoms with Crippen molar-refractivity contribution in [2.24, 2.45) is 12.5 Å². The van der Waals surface area contributed by atoms with Gasteiger partial charge in [0.05, 0.1) is 12.2 Å². The van der Waals surface area contributed by atoms with E-state index in [4.69, 9.17) is 9.15 Å². The van der Waals surface area contributed by atoms with Crippen LogP contribution in [0.4, 0.5) is 0 Å². The van der Waals surface area contributed by atoms with Crippen molar-refractivity contribution in [2.75, 3.05) is 6.61 Å². The molecule has 0 atom stereocenters. The van der Waals surface area contributed by atoms with Crippen LogP contribution in [0.1, 0.15) is 43.9 Å². The van der Waals surface area contributed by atoms with Gasteiger partial charge in [-0.05, 0) is 54.4 Å². The van der Waals surface area contributed by atoms with Gasteiger partial charge in [0, 0.05) is 29.0 Å². The van der Waals surface area contributed by atoms with Gasteiger partial charge in [-0.15, -0.1) is 0 Å². The lowest BCUT2D eigenvalue weighted by atomic mass is 9.88. The highest BCUT2D eigenvalue weighted by molar-refractivity contribution is 6.10. The van der Waals surface area contributed by atoms with Crippen molar-refractivity contribution in [3.63, 3.8) is 0 Å². The molecule has 2 aromatic heterocycles. The zero-order valence-electron chi connectivity index (χ0n) is 18.6. The van der Waals surface area contributed by atoms with E-state index < -0.39 is 0 Å². The third-order valence-electron chi connectivity index (χ3n) is 6.08. The summed E-state index contributed by atoms with van der Waals surface area (Å²) in [6, 6.07) is 13.3. The molecule has 0 spiro atoms. The standard InChI is InChI=1S/C27H30NO2/c1-17-8-9-20-21-14-19-7-6-12-29-23(19)15-24(21)30-26(20)25(17)22-13-18(10-11-28(22)5)16-27(2,3)4/h8-11,13-15H,6-7,12,16H2,1-5H3/q+1. The maximum atomic E-state index is 6.49. The summed E-state index contributed by atoms with van der Waals surface area (Å²) in [6.07, 6.45) is 5.36. The molecule has 0 aliphatic carbocycles. The fourth-order valence-corrected chi connectivity index (χ4v) is 4.69. The summed E-state index contributed by atoms with van der Waals surface area (Å²) < 4.78 is 14.6. The van der Waals surface area contributed by atoms with Crippen LogP contribution in [0, 0.1) is 12.3 Å². The molecule has 3 heteroatoms. The molecule has 0 saturated carbocycles. The minimum Gasteiger partial charge on any atom is -0.493 e. The Morgan fingerprint density at radius 2 is 1.87 bits per heavy atom. The zero-order valence-corrected chi connectivity index (χ0v) is 18.6. The van der Waals surface area contributed by atoms with Crippen molar-refractivity contribution in [3.8, 4) is 17.0 Å². The van der Waals surface area contributed by atoms with Gasteiger partial charge in [0.2, 0.25) is 5.69 Å². The molecule has 0 bridgehead atoms. The number of hydrogen-bond acceptors (Lipinski definition) is 2. The Hall–Kier alpha value is -2.81. The van der Waals surface area contributed by atoms with Gasteiger partial charge in [-0.2, -0.15) is 0 Å². The third-order valence-corrected chi connectivity index (χ3v) is 6.08. The van der Waals surface area contributed by atoms with Gasteiger partial charge < -0.3 is 9.15 Å². The zero-order chi connectivity index (χ0) is 21.0. The van der Waals surface area contributed by atoms with Crippen LogP contribution in [0.5, 0.6) is 5.75 Å². The van der Waals surface area contributed by atoms with Crippen LogP contribution >= 0.6 is 0 Å². The Morgan fingerprint density at radius 3 is 2.67 bits per heavy atom. The summed E-state index contributed by atoms with van der Waals surface area (Å²) in [4.78, 5) is 0. The fraction of sp³-hybridized carbons (Fsp3) is 0.370. The van der Waals surface area contributed by atoms with Gasteiger partial charge >= 0.3 is 0 Å². The molecule has 0 unspecified atom stereocenters. The average molecular weight is 401 g/mol. The molecule has 1 aliphatic rings. The smallest absolute Gasteiger partial charge is 0.216 e. The van der Waals surface area contributed by atoms with Gasteiger partial charge in [-0.3, -0.25) is 0 Å². The summed E-state index contributed by atoms with van der Waals surface area (Å²) >= 11 is 0. The van der Waals surface area contributed by atoms with Crippen LogP contribution in [0.25, 0.3) is 33.2 Å². The van der Waals surface area contributed by atoms with E-state index in [9.17, 15) is 0 Å². The van der Waals surface area contributed by atoms with E-state index in [0.717, 1.165) is 42.8 Å². The molecule has 3 heterocycles. The number of benzene rings is 2. The van der Waals surface area contributed by atoms with Crippen LogP contribution < -0.4 is 9.30 Å². The number of aryl methyl sites for hydroxylation is 3. The first kappa shape index (κ1) is 19.2. The first-order chi connectivity index (χ1) is 14.3. The maximum Gasteiger partial charge on any atom is 0.216 e. The fourth-order valence-electron chi connectivity index (χ4n) is 4.69. The number of nitrogens with zero attached hydrogens (tertiary/aromatic N) is 1. The van der Waals surface area contributed by atoms with E-state index in [1.54, 1.807) is 0 Å². The number of hydrogen-bond donors (Lipinski definition) is 0. The van der Waals surface area contributed by atoms with Crippen LogP contribution in [0.3, 0.4) is 0 Å². The highest BCUT2D eigenvalue weighted by atomic mass is 16.5. The van der Waals surface area contributed by atoms with E-state index >= 15 is 0 Å². The lowest BCUT2D eigenvalue weighted by Crippen LogP contribution is -2.31. The van der Waals surface area contributed by atoms with E-state index in [0.29, 0.717) is 0 Å². The minimum atomic E-state index is 0.247. The highest BCUT2D eigenvalue weighted by Crippen LogP contribution is 2.40. The molecule has 0 N–H and O–H groups in total. The van der Waals surface area contributed by atoms with Crippen molar-refractivity contribution in [1.29, 1.82) is 0 Å². The normalized spacial score (nSPS) is 14.2. The molecule has 4 aromatic rings. The van der Waals surface area contributed by atoms with E-state index in [-0.39, 0.29) is 5.41 Å². The molecule has 0 saturated heterocycles. The minimum absolute atomic E-state index is 0.247. The van der Waals surface area contributed by atoms with Crippen molar-refractivity contribution < 1.29 is 13.7 Å². The Labute approximate surface area is 178 Å². The van der Waals surface area contributed by atoms with E-state index in [1.165, 1.54) is 38.7 Å². The van der Waals surface area contributed by atoms with Gasteiger partial charge in [0.25, 0.3) is 0 Å². The van der Waals surface area contributed by atoms with Crippen LogP contribution in [-0.4, -0.2) is 6.61 Å². The lowest BCUT2D eigenvalue weighted by molar-refractivity contribution is -0.660. The van der Waals surface area contributed by atoms with E-state index in [2.05, 4.69) is 81.9 Å². The average Bonchev–Trinajstić information content (AvgIpc) is 3.04. The number of furan rings is 1. The van der Waals surface area contributed by atoms with Crippen molar-refractivity contribution in [2.45, 2.75) is 47.0 Å². The number of rotatable bonds is 2. The molecule has 3 nitrogen and oxygen atoms in total. The summed E-state index contributed by atoms with van der Waals surface area (Å²) in [7, 11) is 2.11. The summed E-state index contributed by atoms with van der Waals surface area (Å²) in [6.45, 7) is 9.82. The predicted octanol–water partition coefficient (Wildman–Crippen LogP) is 6.30. The van der Waals surface area contributed by atoms with Crippen molar-refractivity contribution in [1.82, 2.24) is 0 Å². The molecule has 30 heavy (non-hydrogen) atoms. The summed E-state index contributed by atoms with van der Waals surface area (Å²) in [5.41, 5.74) is 8.37. The van der Waals surface area contributed by atoms with Crippen LogP contribution in [0.2, 0.25) is 0 Å². The highest BCUT2D eigenvalue weighted by Gasteiger charge is 2.23. The predicted molar refractivity (Wildman–Crippen MR) is 122 cm³/mol. The molecular formula is C27H30NO2+. The van der Waals surface area contributed by atoms with Gasteiger partial charge in [0.15, 0.2) is 6.20 Å². The number of ether oxygens (including phenoxy) is 1. The first-order valence-electron chi connectivity index (χ1n) is 10.9. The molecule has 5 rings (SSSR count). The largest absolute Gasteiger partial charge is 0.493 e. The summed E-state index contributed by atoms with van der Waals surface area (Å²) in [5, 5.41) is 2.36. The Bertz CT molecular complexity index is 1270. The molecule has 0 amide bonds. The number of fused-ring (bicyclic) bond motifs is 4. The van der Waals surface area contributed by atoms with E-state index in [1.807, 2.05) is 0 Å². The molecule has 0 fully saturated rings.